The van der Waals surface area contributed by atoms with E-state index in [1.54, 1.807) is 0 Å². The van der Waals surface area contributed by atoms with Crippen LogP contribution in [0.15, 0.2) is 0 Å². The third-order valence-corrected chi connectivity index (χ3v) is 1.68. The molecule has 0 spiro atoms. The zero-order valence-corrected chi connectivity index (χ0v) is 10.2. The number of rotatable bonds is 6. The molecule has 0 atom stereocenters. The minimum atomic E-state index is 0.0473. The van der Waals surface area contributed by atoms with E-state index in [1.165, 1.54) is 26.2 Å². The lowest BCUT2D eigenvalue weighted by Crippen LogP contribution is -2.23. The summed E-state index contributed by atoms with van der Waals surface area (Å²) in [6.07, 6.45) is 5.07. The van der Waals surface area contributed by atoms with E-state index in [0.717, 1.165) is 19.5 Å². The molecule has 2 N–H and O–H groups in total. The lowest BCUT2D eigenvalue weighted by atomic mass is 10.3. The SMILES string of the molecule is CCCCC.CNCCCNC(C)=O. The molecule has 3 heteroatoms. The highest BCUT2D eigenvalue weighted by Crippen LogP contribution is 1.88. The van der Waals surface area contributed by atoms with Crippen molar-refractivity contribution in [1.82, 2.24) is 10.6 Å². The maximum Gasteiger partial charge on any atom is 0.216 e. The van der Waals surface area contributed by atoms with Gasteiger partial charge in [-0.1, -0.05) is 33.1 Å². The first-order valence-electron chi connectivity index (χ1n) is 5.58. The molecule has 0 aliphatic carbocycles. The number of unbranched alkanes of at least 4 members (excludes halogenated alkanes) is 2. The van der Waals surface area contributed by atoms with Crippen LogP contribution in [0.4, 0.5) is 0 Å². The Morgan fingerprint density at radius 3 is 1.93 bits per heavy atom. The van der Waals surface area contributed by atoms with Crippen LogP contribution in [-0.2, 0) is 4.79 Å². The van der Waals surface area contributed by atoms with Gasteiger partial charge in [0.2, 0.25) is 5.91 Å². The number of hydrogen-bond acceptors (Lipinski definition) is 2. The Balaban J connectivity index is 0. The van der Waals surface area contributed by atoms with Crippen LogP contribution in [0, 0.1) is 0 Å². The zero-order valence-electron chi connectivity index (χ0n) is 10.2. The van der Waals surface area contributed by atoms with Gasteiger partial charge in [-0.2, -0.15) is 0 Å². The van der Waals surface area contributed by atoms with Crippen LogP contribution in [0.2, 0.25) is 0 Å². The third kappa shape index (κ3) is 22.5. The molecule has 0 saturated carbocycles. The standard InChI is InChI=1S/C6H14N2O.C5H12/c1-6(9)8-5-3-4-7-2;1-3-5-4-2/h7H,3-5H2,1-2H3,(H,8,9);3-5H2,1-2H3. The van der Waals surface area contributed by atoms with E-state index >= 15 is 0 Å². The third-order valence-electron chi connectivity index (χ3n) is 1.68. The average molecular weight is 202 g/mol. The van der Waals surface area contributed by atoms with Crippen molar-refractivity contribution in [3.8, 4) is 0 Å². The van der Waals surface area contributed by atoms with Crippen molar-refractivity contribution in [3.05, 3.63) is 0 Å². The van der Waals surface area contributed by atoms with Gasteiger partial charge in [0, 0.05) is 13.5 Å². The van der Waals surface area contributed by atoms with E-state index in [9.17, 15) is 4.79 Å². The largest absolute Gasteiger partial charge is 0.356 e. The Bertz CT molecular complexity index is 114. The van der Waals surface area contributed by atoms with Crippen LogP contribution >= 0.6 is 0 Å². The second-order valence-corrected chi connectivity index (χ2v) is 3.29. The Morgan fingerprint density at radius 2 is 1.64 bits per heavy atom. The summed E-state index contributed by atoms with van der Waals surface area (Å²) >= 11 is 0. The fourth-order valence-corrected chi connectivity index (χ4v) is 0.883. The van der Waals surface area contributed by atoms with Gasteiger partial charge >= 0.3 is 0 Å². The van der Waals surface area contributed by atoms with Gasteiger partial charge in [0.25, 0.3) is 0 Å². The van der Waals surface area contributed by atoms with Crippen LogP contribution in [0.3, 0.4) is 0 Å². The van der Waals surface area contributed by atoms with Crippen LogP contribution in [0.25, 0.3) is 0 Å². The van der Waals surface area contributed by atoms with E-state index in [1.807, 2.05) is 7.05 Å². The van der Waals surface area contributed by atoms with Crippen LogP contribution in [-0.4, -0.2) is 26.0 Å². The maximum atomic E-state index is 10.3. The first-order chi connectivity index (χ1) is 6.68. The van der Waals surface area contributed by atoms with Crippen LogP contribution < -0.4 is 10.6 Å². The minimum Gasteiger partial charge on any atom is -0.356 e. The van der Waals surface area contributed by atoms with E-state index in [4.69, 9.17) is 0 Å². The van der Waals surface area contributed by atoms with Crippen molar-refractivity contribution in [1.29, 1.82) is 0 Å². The molecule has 0 aromatic rings. The highest BCUT2D eigenvalue weighted by Gasteiger charge is 1.87. The quantitative estimate of drug-likeness (QED) is 0.646. The highest BCUT2D eigenvalue weighted by molar-refractivity contribution is 5.72. The molecule has 0 bridgehead atoms. The fraction of sp³-hybridized carbons (Fsp3) is 0.909. The van der Waals surface area contributed by atoms with Gasteiger partial charge in [0.1, 0.15) is 0 Å². The molecule has 0 unspecified atom stereocenters. The summed E-state index contributed by atoms with van der Waals surface area (Å²) in [7, 11) is 1.90. The molecule has 0 radical (unpaired) electrons. The molecule has 0 rings (SSSR count). The number of nitrogens with one attached hydrogen (secondary N) is 2. The molecule has 0 fully saturated rings. The molecule has 0 aromatic heterocycles. The molecule has 0 aliphatic heterocycles. The fourth-order valence-electron chi connectivity index (χ4n) is 0.883. The summed E-state index contributed by atoms with van der Waals surface area (Å²) < 4.78 is 0. The van der Waals surface area contributed by atoms with E-state index in [0.29, 0.717) is 0 Å². The molecule has 0 aliphatic rings. The monoisotopic (exact) mass is 202 g/mol. The summed E-state index contributed by atoms with van der Waals surface area (Å²) in [4.78, 5) is 10.3. The molecule has 0 heterocycles. The smallest absolute Gasteiger partial charge is 0.216 e. The summed E-state index contributed by atoms with van der Waals surface area (Å²) in [6.45, 7) is 7.68. The van der Waals surface area contributed by atoms with E-state index in [2.05, 4.69) is 24.5 Å². The normalized spacial score (nSPS) is 8.86. The maximum absolute atomic E-state index is 10.3. The number of hydrogen-bond donors (Lipinski definition) is 2. The molecule has 0 saturated heterocycles. The van der Waals surface area contributed by atoms with Gasteiger partial charge in [-0.15, -0.1) is 0 Å². The minimum absolute atomic E-state index is 0.0473. The summed E-state index contributed by atoms with van der Waals surface area (Å²) in [5.41, 5.74) is 0. The van der Waals surface area contributed by atoms with Gasteiger partial charge in [0.05, 0.1) is 0 Å². The molecular weight excluding hydrogens is 176 g/mol. The molecule has 1 amide bonds. The Labute approximate surface area is 88.7 Å². The van der Waals surface area contributed by atoms with Gasteiger partial charge in [-0.3, -0.25) is 4.79 Å². The molecule has 14 heavy (non-hydrogen) atoms. The molecule has 3 nitrogen and oxygen atoms in total. The van der Waals surface area contributed by atoms with Crippen molar-refractivity contribution in [2.24, 2.45) is 0 Å². The molecular formula is C11H26N2O. The lowest BCUT2D eigenvalue weighted by Gasteiger charge is -1.99. The van der Waals surface area contributed by atoms with Gasteiger partial charge in [0.15, 0.2) is 0 Å². The predicted octanol–water partition coefficient (Wildman–Crippen LogP) is 1.93. The first-order valence-corrected chi connectivity index (χ1v) is 5.58. The van der Waals surface area contributed by atoms with Crippen molar-refractivity contribution < 1.29 is 4.79 Å². The van der Waals surface area contributed by atoms with E-state index < -0.39 is 0 Å². The summed E-state index contributed by atoms with van der Waals surface area (Å²) in [5, 5.41) is 5.69. The van der Waals surface area contributed by atoms with Crippen molar-refractivity contribution >= 4 is 5.91 Å². The molecule has 86 valence electrons. The van der Waals surface area contributed by atoms with Crippen molar-refractivity contribution in [3.63, 3.8) is 0 Å². The Morgan fingerprint density at radius 1 is 1.07 bits per heavy atom. The van der Waals surface area contributed by atoms with Gasteiger partial charge in [-0.05, 0) is 20.0 Å². The Kier molecular flexibility index (Phi) is 16.9. The van der Waals surface area contributed by atoms with E-state index in [-0.39, 0.29) is 5.91 Å². The van der Waals surface area contributed by atoms with Crippen molar-refractivity contribution in [2.45, 2.75) is 46.5 Å². The predicted molar refractivity (Wildman–Crippen MR) is 62.4 cm³/mol. The van der Waals surface area contributed by atoms with Crippen LogP contribution in [0.5, 0.6) is 0 Å². The first kappa shape index (κ1) is 15.9. The number of carbonyl (C=O) groups is 1. The van der Waals surface area contributed by atoms with Gasteiger partial charge in [-0.25, -0.2) is 0 Å². The lowest BCUT2D eigenvalue weighted by molar-refractivity contribution is -0.118. The second kappa shape index (κ2) is 14.9. The summed E-state index contributed by atoms with van der Waals surface area (Å²) in [6, 6.07) is 0. The second-order valence-electron chi connectivity index (χ2n) is 3.29. The van der Waals surface area contributed by atoms with Gasteiger partial charge < -0.3 is 10.6 Å². The Hall–Kier alpha value is -0.570. The number of amides is 1. The summed E-state index contributed by atoms with van der Waals surface area (Å²) in [5.74, 6) is 0.0473. The average Bonchev–Trinajstić information content (AvgIpc) is 2.15. The zero-order chi connectivity index (χ0) is 11.2. The topological polar surface area (TPSA) is 41.1 Å². The number of carbonyl (C=O) groups excluding carboxylic acids is 1. The van der Waals surface area contributed by atoms with Crippen LogP contribution in [0.1, 0.15) is 46.5 Å². The highest BCUT2D eigenvalue weighted by atomic mass is 16.1. The van der Waals surface area contributed by atoms with Crippen molar-refractivity contribution in [2.75, 3.05) is 20.1 Å². The molecule has 0 aromatic carbocycles.